The molecule has 0 unspecified atom stereocenters. The second kappa shape index (κ2) is 7.48. The smallest absolute Gasteiger partial charge is 0.320 e. The van der Waals surface area contributed by atoms with Crippen LogP contribution >= 0.6 is 15.9 Å². The summed E-state index contributed by atoms with van der Waals surface area (Å²) in [6, 6.07) is 3.19. The van der Waals surface area contributed by atoms with Gasteiger partial charge in [0.15, 0.2) is 0 Å². The van der Waals surface area contributed by atoms with Crippen molar-refractivity contribution in [2.45, 2.75) is 18.6 Å². The first-order valence-corrected chi connectivity index (χ1v) is 7.89. The molecular formula is C11H16BrN3O2S. The molecule has 7 heteroatoms. The van der Waals surface area contributed by atoms with Gasteiger partial charge in [-0.3, -0.25) is 9.53 Å². The van der Waals surface area contributed by atoms with Gasteiger partial charge in [-0.05, 0) is 34.5 Å². The Labute approximate surface area is 117 Å². The predicted octanol–water partition coefficient (Wildman–Crippen LogP) is 2.12. The van der Waals surface area contributed by atoms with Crippen molar-refractivity contribution in [2.24, 2.45) is 0 Å². The fourth-order valence-corrected chi connectivity index (χ4v) is 1.85. The third-order valence-corrected chi connectivity index (χ3v) is 4.21. The highest BCUT2D eigenvalue weighted by atomic mass is 79.9. The summed E-state index contributed by atoms with van der Waals surface area (Å²) in [6.07, 6.45) is 3.96. The predicted molar refractivity (Wildman–Crippen MR) is 77.1 cm³/mol. The molecule has 2 amide bonds. The maximum Gasteiger partial charge on any atom is 0.320 e. The first-order chi connectivity index (χ1) is 8.49. The van der Waals surface area contributed by atoms with Gasteiger partial charge in [-0.1, -0.05) is 6.92 Å². The van der Waals surface area contributed by atoms with Gasteiger partial charge in [0, 0.05) is 39.5 Å². The molecule has 5 nitrogen and oxygen atoms in total. The highest BCUT2D eigenvalue weighted by Gasteiger charge is 2.07. The molecule has 1 heterocycles. The lowest BCUT2D eigenvalue weighted by Gasteiger charge is -2.10. The number of aromatic nitrogens is 1. The number of carbonyl (C=O) groups excluding carboxylic acids is 1. The molecule has 1 aromatic rings. The van der Waals surface area contributed by atoms with E-state index in [1.54, 1.807) is 24.6 Å². The van der Waals surface area contributed by atoms with Crippen molar-refractivity contribution in [3.63, 3.8) is 0 Å². The number of carbonyl (C=O) groups is 1. The highest BCUT2D eigenvalue weighted by Crippen LogP contribution is 2.10. The van der Waals surface area contributed by atoms with Gasteiger partial charge < -0.3 is 5.32 Å². The number of hydrogen-bond donors (Lipinski definition) is 2. The molecule has 0 bridgehead atoms. The lowest BCUT2D eigenvalue weighted by atomic mass is 10.3. The molecule has 0 aliphatic rings. The molecule has 0 radical (unpaired) electrons. The Bertz CT molecular complexity index is 425. The molecule has 1 aromatic heterocycles. The van der Waals surface area contributed by atoms with Crippen LogP contribution in [0.5, 0.6) is 0 Å². The summed E-state index contributed by atoms with van der Waals surface area (Å²) >= 11 is 3.26. The zero-order chi connectivity index (χ0) is 13.5. The minimum absolute atomic E-state index is 0.0797. The maximum absolute atomic E-state index is 11.5. The summed E-state index contributed by atoms with van der Waals surface area (Å²) in [5, 5.41) is 5.39. The molecule has 2 N–H and O–H groups in total. The van der Waals surface area contributed by atoms with Crippen molar-refractivity contribution in [2.75, 3.05) is 18.1 Å². The van der Waals surface area contributed by atoms with E-state index in [4.69, 9.17) is 0 Å². The van der Waals surface area contributed by atoms with Crippen LogP contribution in [0.4, 0.5) is 10.6 Å². The molecule has 0 aromatic carbocycles. The maximum atomic E-state index is 11.5. The third-order valence-electron chi connectivity index (χ3n) is 2.37. The van der Waals surface area contributed by atoms with Crippen molar-refractivity contribution in [3.05, 3.63) is 22.8 Å². The van der Waals surface area contributed by atoms with Crippen molar-refractivity contribution in [1.29, 1.82) is 0 Å². The van der Waals surface area contributed by atoms with E-state index in [0.717, 1.165) is 4.47 Å². The number of nitrogens with zero attached hydrogens (tertiary/aromatic N) is 1. The SMILES string of the molecule is C[C@H](CCNC(=O)Nc1ccc(Br)cn1)[S@@](C)=O. The minimum atomic E-state index is -0.855. The molecule has 0 spiro atoms. The van der Waals surface area contributed by atoms with Gasteiger partial charge in [-0.25, -0.2) is 9.78 Å². The Morgan fingerprint density at radius 2 is 2.28 bits per heavy atom. The lowest BCUT2D eigenvalue weighted by Crippen LogP contribution is -2.31. The Balaban J connectivity index is 2.30. The van der Waals surface area contributed by atoms with E-state index in [2.05, 4.69) is 31.5 Å². The summed E-state index contributed by atoms with van der Waals surface area (Å²) < 4.78 is 12.0. The van der Waals surface area contributed by atoms with Gasteiger partial charge in [0.2, 0.25) is 0 Å². The van der Waals surface area contributed by atoms with E-state index in [9.17, 15) is 9.00 Å². The van der Waals surface area contributed by atoms with E-state index < -0.39 is 10.8 Å². The van der Waals surface area contributed by atoms with Gasteiger partial charge >= 0.3 is 6.03 Å². The summed E-state index contributed by atoms with van der Waals surface area (Å²) in [6.45, 7) is 2.38. The number of urea groups is 1. The van der Waals surface area contributed by atoms with E-state index >= 15 is 0 Å². The molecule has 0 saturated carbocycles. The number of anilines is 1. The standard InChI is InChI=1S/C11H16BrN3O2S/c1-8(18(2)17)5-6-13-11(16)15-10-4-3-9(12)7-14-10/h3-4,7-8H,5-6H2,1-2H3,(H2,13,14,15,16)/t8-,18-/m1/s1. The van der Waals surface area contributed by atoms with E-state index in [1.165, 1.54) is 0 Å². The van der Waals surface area contributed by atoms with Crippen molar-refractivity contribution >= 4 is 38.6 Å². The second-order valence-corrected chi connectivity index (χ2v) is 6.56. The molecule has 0 saturated heterocycles. The number of halogens is 1. The number of pyridine rings is 1. The molecule has 0 fully saturated rings. The van der Waals surface area contributed by atoms with Crippen LogP contribution in [0.1, 0.15) is 13.3 Å². The molecule has 0 aliphatic heterocycles. The summed E-state index contributed by atoms with van der Waals surface area (Å²) in [5.74, 6) is 0.489. The molecule has 0 aliphatic carbocycles. The van der Waals surface area contributed by atoms with Crippen LogP contribution in [-0.2, 0) is 10.8 Å². The topological polar surface area (TPSA) is 71.1 Å². The molecule has 100 valence electrons. The normalized spacial score (nSPS) is 13.7. The van der Waals surface area contributed by atoms with Gasteiger partial charge in [0.25, 0.3) is 0 Å². The average molecular weight is 334 g/mol. The Kier molecular flexibility index (Phi) is 6.28. The highest BCUT2D eigenvalue weighted by molar-refractivity contribution is 9.10. The van der Waals surface area contributed by atoms with Crippen LogP contribution in [0.3, 0.4) is 0 Å². The van der Waals surface area contributed by atoms with Crippen molar-refractivity contribution in [1.82, 2.24) is 10.3 Å². The minimum Gasteiger partial charge on any atom is -0.338 e. The van der Waals surface area contributed by atoms with Crippen LogP contribution in [0, 0.1) is 0 Å². The largest absolute Gasteiger partial charge is 0.338 e. The molecule has 1 rings (SSSR count). The van der Waals surface area contributed by atoms with Crippen LogP contribution in [0.2, 0.25) is 0 Å². The molecule has 18 heavy (non-hydrogen) atoms. The van der Waals surface area contributed by atoms with Crippen LogP contribution < -0.4 is 10.6 Å². The second-order valence-electron chi connectivity index (χ2n) is 3.84. The monoisotopic (exact) mass is 333 g/mol. The Morgan fingerprint density at radius 1 is 1.56 bits per heavy atom. The number of rotatable bonds is 5. The molecule has 2 atom stereocenters. The summed E-state index contributed by atoms with van der Waals surface area (Å²) in [4.78, 5) is 15.5. The van der Waals surface area contributed by atoms with E-state index in [-0.39, 0.29) is 11.3 Å². The summed E-state index contributed by atoms with van der Waals surface area (Å²) in [7, 11) is -0.855. The fraction of sp³-hybridized carbons (Fsp3) is 0.455. The van der Waals surface area contributed by atoms with Gasteiger partial charge in [0.1, 0.15) is 5.82 Å². The quantitative estimate of drug-likeness (QED) is 0.866. The van der Waals surface area contributed by atoms with E-state index in [0.29, 0.717) is 18.8 Å². The first-order valence-electron chi connectivity index (χ1n) is 5.47. The number of amides is 2. The zero-order valence-corrected chi connectivity index (χ0v) is 12.7. The third kappa shape index (κ3) is 5.59. The number of hydrogen-bond acceptors (Lipinski definition) is 3. The first kappa shape index (κ1) is 15.1. The Morgan fingerprint density at radius 3 is 2.83 bits per heavy atom. The Hall–Kier alpha value is -0.950. The van der Waals surface area contributed by atoms with Gasteiger partial charge in [-0.2, -0.15) is 0 Å². The van der Waals surface area contributed by atoms with Crippen molar-refractivity contribution in [3.8, 4) is 0 Å². The summed E-state index contributed by atoms with van der Waals surface area (Å²) in [5.41, 5.74) is 0. The van der Waals surface area contributed by atoms with Crippen molar-refractivity contribution < 1.29 is 9.00 Å². The van der Waals surface area contributed by atoms with Gasteiger partial charge in [-0.15, -0.1) is 0 Å². The fourth-order valence-electron chi connectivity index (χ4n) is 1.17. The van der Waals surface area contributed by atoms with Crippen LogP contribution in [0.25, 0.3) is 0 Å². The average Bonchev–Trinajstić information content (AvgIpc) is 2.32. The van der Waals surface area contributed by atoms with Crippen LogP contribution in [0.15, 0.2) is 22.8 Å². The lowest BCUT2D eigenvalue weighted by molar-refractivity contribution is 0.252. The van der Waals surface area contributed by atoms with E-state index in [1.807, 2.05) is 6.92 Å². The number of nitrogens with one attached hydrogen (secondary N) is 2. The zero-order valence-electron chi connectivity index (χ0n) is 10.3. The molecular weight excluding hydrogens is 318 g/mol. The van der Waals surface area contributed by atoms with Crippen LogP contribution in [-0.4, -0.2) is 33.3 Å². The van der Waals surface area contributed by atoms with Gasteiger partial charge in [0.05, 0.1) is 0 Å².